The van der Waals surface area contributed by atoms with Crippen molar-refractivity contribution in [3.8, 4) is 0 Å². The molecule has 1 aromatic heterocycles. The van der Waals surface area contributed by atoms with Gasteiger partial charge in [-0.05, 0) is 37.1 Å². The van der Waals surface area contributed by atoms with E-state index in [1.54, 1.807) is 0 Å². The van der Waals surface area contributed by atoms with Crippen LogP contribution < -0.4 is 10.0 Å². The third kappa shape index (κ3) is 5.80. The molecule has 0 radical (unpaired) electrons. The van der Waals surface area contributed by atoms with Gasteiger partial charge < -0.3 is 5.32 Å². The van der Waals surface area contributed by atoms with E-state index in [0.29, 0.717) is 0 Å². The highest BCUT2D eigenvalue weighted by atomic mass is 32.2. The van der Waals surface area contributed by atoms with Crippen molar-refractivity contribution in [3.63, 3.8) is 0 Å². The second-order valence-electron chi connectivity index (χ2n) is 6.53. The average Bonchev–Trinajstić information content (AvgIpc) is 3.11. The Morgan fingerprint density at radius 3 is 2.44 bits per heavy atom. The summed E-state index contributed by atoms with van der Waals surface area (Å²) in [5.41, 5.74) is 2.10. The monoisotopic (exact) mass is 409 g/mol. The molecule has 1 saturated heterocycles. The Morgan fingerprint density at radius 1 is 1.11 bits per heavy atom. The smallest absolute Gasteiger partial charge is 0.270 e. The number of piperidine rings is 1. The van der Waals surface area contributed by atoms with Crippen LogP contribution in [0, 0.1) is 0 Å². The van der Waals surface area contributed by atoms with Gasteiger partial charge >= 0.3 is 0 Å². The van der Waals surface area contributed by atoms with E-state index in [2.05, 4.69) is 25.1 Å². The molecule has 0 saturated carbocycles. The number of benzene rings is 1. The van der Waals surface area contributed by atoms with Gasteiger partial charge in [-0.15, -0.1) is 10.2 Å². The van der Waals surface area contributed by atoms with Crippen LogP contribution >= 0.6 is 11.3 Å². The maximum absolute atomic E-state index is 12.3. The van der Waals surface area contributed by atoms with E-state index in [0.717, 1.165) is 36.5 Å². The maximum atomic E-state index is 12.3. The summed E-state index contributed by atoms with van der Waals surface area (Å²) in [6, 6.07) is 7.95. The van der Waals surface area contributed by atoms with Crippen LogP contribution in [-0.4, -0.2) is 42.5 Å². The van der Waals surface area contributed by atoms with E-state index in [9.17, 15) is 13.2 Å². The first-order valence-electron chi connectivity index (χ1n) is 8.83. The lowest BCUT2D eigenvalue weighted by Gasteiger charge is -2.26. The Bertz CT molecular complexity index is 874. The van der Waals surface area contributed by atoms with Gasteiger partial charge in [0, 0.05) is 20.0 Å². The van der Waals surface area contributed by atoms with E-state index in [4.69, 9.17) is 0 Å². The van der Waals surface area contributed by atoms with Gasteiger partial charge in [-0.3, -0.25) is 9.69 Å². The Balaban J connectivity index is 1.55. The molecule has 0 atom stereocenters. The zero-order valence-electron chi connectivity index (χ0n) is 15.1. The SMILES string of the molecule is CC(=O)Nc1nnc(S(=O)(=O)NCc2ccc(CN3CCCCC3)cc2)s1. The van der Waals surface area contributed by atoms with Gasteiger partial charge in [0.2, 0.25) is 15.4 Å². The Morgan fingerprint density at radius 2 is 1.78 bits per heavy atom. The third-order valence-electron chi connectivity index (χ3n) is 4.26. The minimum atomic E-state index is -3.77. The van der Waals surface area contributed by atoms with Crippen molar-refractivity contribution in [2.24, 2.45) is 0 Å². The summed E-state index contributed by atoms with van der Waals surface area (Å²) in [4.78, 5) is 13.4. The number of hydrogen-bond acceptors (Lipinski definition) is 7. The van der Waals surface area contributed by atoms with Gasteiger partial charge in [-0.1, -0.05) is 42.0 Å². The van der Waals surface area contributed by atoms with Crippen molar-refractivity contribution < 1.29 is 13.2 Å². The number of aromatic nitrogens is 2. The minimum absolute atomic E-state index is 0.157. The summed E-state index contributed by atoms with van der Waals surface area (Å²) < 4.78 is 27.0. The second kappa shape index (κ2) is 8.87. The molecule has 0 unspecified atom stereocenters. The van der Waals surface area contributed by atoms with Crippen molar-refractivity contribution in [1.29, 1.82) is 0 Å². The molecule has 0 aliphatic carbocycles. The van der Waals surface area contributed by atoms with Crippen LogP contribution in [0.25, 0.3) is 0 Å². The highest BCUT2D eigenvalue weighted by molar-refractivity contribution is 7.91. The molecule has 0 spiro atoms. The van der Waals surface area contributed by atoms with E-state index in [1.807, 2.05) is 24.3 Å². The molecule has 146 valence electrons. The van der Waals surface area contributed by atoms with Gasteiger partial charge in [0.25, 0.3) is 10.0 Å². The average molecular weight is 410 g/mol. The number of nitrogens with one attached hydrogen (secondary N) is 2. The lowest BCUT2D eigenvalue weighted by atomic mass is 10.1. The predicted octanol–water partition coefficient (Wildman–Crippen LogP) is 1.96. The van der Waals surface area contributed by atoms with Crippen LogP contribution in [0.15, 0.2) is 28.6 Å². The molecule has 1 aromatic carbocycles. The number of anilines is 1. The Labute approximate surface area is 163 Å². The van der Waals surface area contributed by atoms with Crippen LogP contribution in [0.1, 0.15) is 37.3 Å². The number of carbonyl (C=O) groups is 1. The number of sulfonamides is 1. The summed E-state index contributed by atoms with van der Waals surface area (Å²) in [5, 5.41) is 9.87. The first kappa shape index (κ1) is 19.9. The topological polar surface area (TPSA) is 104 Å². The molecule has 2 aromatic rings. The number of rotatable bonds is 7. The summed E-state index contributed by atoms with van der Waals surface area (Å²) in [6.07, 6.45) is 3.83. The molecule has 1 aliphatic heterocycles. The van der Waals surface area contributed by atoms with Gasteiger partial charge in [-0.2, -0.15) is 0 Å². The number of carbonyl (C=O) groups excluding carboxylic acids is 1. The lowest BCUT2D eigenvalue weighted by molar-refractivity contribution is -0.114. The van der Waals surface area contributed by atoms with E-state index in [1.165, 1.54) is 31.7 Å². The van der Waals surface area contributed by atoms with Gasteiger partial charge in [0.15, 0.2) is 0 Å². The van der Waals surface area contributed by atoms with Gasteiger partial charge in [-0.25, -0.2) is 13.1 Å². The normalized spacial score (nSPS) is 15.6. The zero-order chi connectivity index (χ0) is 19.3. The standard InChI is InChI=1S/C17H23N5O3S2/c1-13(23)19-16-20-21-17(26-16)27(24,25)18-11-14-5-7-15(8-6-14)12-22-9-3-2-4-10-22/h5-8,18H,2-4,9-12H2,1H3,(H,19,20,23). The number of hydrogen-bond donors (Lipinski definition) is 2. The molecule has 27 heavy (non-hydrogen) atoms. The largest absolute Gasteiger partial charge is 0.301 e. The van der Waals surface area contributed by atoms with E-state index in [-0.39, 0.29) is 21.9 Å². The summed E-state index contributed by atoms with van der Waals surface area (Å²) >= 11 is 0.815. The summed E-state index contributed by atoms with van der Waals surface area (Å²) in [6.45, 7) is 4.71. The molecule has 1 fully saturated rings. The van der Waals surface area contributed by atoms with Crippen molar-refractivity contribution >= 4 is 32.4 Å². The predicted molar refractivity (Wildman–Crippen MR) is 104 cm³/mol. The minimum Gasteiger partial charge on any atom is -0.301 e. The quantitative estimate of drug-likeness (QED) is 0.678. The first-order chi connectivity index (χ1) is 12.9. The molecule has 2 N–H and O–H groups in total. The van der Waals surface area contributed by atoms with Crippen LogP contribution in [0.2, 0.25) is 0 Å². The first-order valence-corrected chi connectivity index (χ1v) is 11.1. The van der Waals surface area contributed by atoms with Crippen molar-refractivity contribution in [1.82, 2.24) is 19.8 Å². The van der Waals surface area contributed by atoms with E-state index >= 15 is 0 Å². The van der Waals surface area contributed by atoms with Crippen molar-refractivity contribution in [3.05, 3.63) is 35.4 Å². The molecule has 1 aliphatic rings. The summed E-state index contributed by atoms with van der Waals surface area (Å²) in [5.74, 6) is -0.326. The van der Waals surface area contributed by atoms with Gasteiger partial charge in [0.1, 0.15) is 0 Å². The fourth-order valence-electron chi connectivity index (χ4n) is 2.90. The van der Waals surface area contributed by atoms with Crippen LogP contribution in [-0.2, 0) is 27.9 Å². The van der Waals surface area contributed by atoms with Crippen LogP contribution in [0.4, 0.5) is 5.13 Å². The highest BCUT2D eigenvalue weighted by Gasteiger charge is 2.20. The molecule has 10 heteroatoms. The van der Waals surface area contributed by atoms with Crippen molar-refractivity contribution in [2.45, 2.75) is 43.6 Å². The second-order valence-corrected chi connectivity index (χ2v) is 9.45. The lowest BCUT2D eigenvalue weighted by Crippen LogP contribution is -2.29. The third-order valence-corrected chi connectivity index (χ3v) is 6.87. The molecule has 0 bridgehead atoms. The maximum Gasteiger partial charge on any atom is 0.270 e. The van der Waals surface area contributed by atoms with Crippen molar-refractivity contribution in [2.75, 3.05) is 18.4 Å². The zero-order valence-corrected chi connectivity index (χ0v) is 16.8. The van der Waals surface area contributed by atoms with Gasteiger partial charge in [0.05, 0.1) is 0 Å². The van der Waals surface area contributed by atoms with E-state index < -0.39 is 10.0 Å². The summed E-state index contributed by atoms with van der Waals surface area (Å²) in [7, 11) is -3.77. The Kier molecular flexibility index (Phi) is 6.53. The number of nitrogens with zero attached hydrogens (tertiary/aromatic N) is 3. The highest BCUT2D eigenvalue weighted by Crippen LogP contribution is 2.20. The Hall–Kier alpha value is -1.88. The molecule has 8 nitrogen and oxygen atoms in total. The molecule has 3 rings (SSSR count). The molecular weight excluding hydrogens is 386 g/mol. The van der Waals surface area contributed by atoms with Crippen LogP contribution in [0.3, 0.4) is 0 Å². The fraction of sp³-hybridized carbons (Fsp3) is 0.471. The molecule has 2 heterocycles. The molecule has 1 amide bonds. The fourth-order valence-corrected chi connectivity index (χ4v) is 4.90. The number of likely N-dealkylation sites (tertiary alicyclic amines) is 1. The molecular formula is C17H23N5O3S2. The number of amides is 1. The van der Waals surface area contributed by atoms with Crippen LogP contribution in [0.5, 0.6) is 0 Å².